The Morgan fingerprint density at radius 1 is 1.19 bits per heavy atom. The monoisotopic (exact) mass is 373 g/mol. The molecule has 1 fully saturated rings. The quantitative estimate of drug-likeness (QED) is 0.828. The first-order chi connectivity index (χ1) is 12.6. The van der Waals surface area contributed by atoms with Gasteiger partial charge in [-0.05, 0) is 36.6 Å². The molecular weight excluding hydrogens is 350 g/mol. The summed E-state index contributed by atoms with van der Waals surface area (Å²) in [7, 11) is 1.56. The maximum absolute atomic E-state index is 12.2. The van der Waals surface area contributed by atoms with Crippen molar-refractivity contribution in [2.75, 3.05) is 25.5 Å². The zero-order valence-electron chi connectivity index (χ0n) is 14.9. The predicted octanol–water partition coefficient (Wildman–Crippen LogP) is 4.13. The zero-order valence-corrected chi connectivity index (χ0v) is 15.6. The van der Waals surface area contributed by atoms with Crippen LogP contribution in [-0.2, 0) is 6.54 Å². The fraction of sp³-hybridized carbons (Fsp3) is 0.350. The van der Waals surface area contributed by atoms with Gasteiger partial charge in [-0.2, -0.15) is 0 Å². The van der Waals surface area contributed by atoms with Crippen LogP contribution >= 0.6 is 11.6 Å². The molecule has 6 heteroatoms. The Kier molecular flexibility index (Phi) is 6.36. The number of nitrogens with one attached hydrogen (secondary N) is 2. The van der Waals surface area contributed by atoms with Crippen LogP contribution in [-0.4, -0.2) is 37.2 Å². The van der Waals surface area contributed by atoms with E-state index in [-0.39, 0.29) is 12.1 Å². The number of hydrogen-bond acceptors (Lipinski definition) is 3. The molecule has 1 saturated heterocycles. The van der Waals surface area contributed by atoms with Gasteiger partial charge >= 0.3 is 6.03 Å². The van der Waals surface area contributed by atoms with Gasteiger partial charge in [0.15, 0.2) is 0 Å². The van der Waals surface area contributed by atoms with Crippen LogP contribution in [0.5, 0.6) is 5.75 Å². The van der Waals surface area contributed by atoms with E-state index >= 15 is 0 Å². The smallest absolute Gasteiger partial charge is 0.319 e. The summed E-state index contributed by atoms with van der Waals surface area (Å²) in [5.41, 5.74) is 1.97. The Hall–Kier alpha value is -2.24. The average molecular weight is 374 g/mol. The molecule has 0 aliphatic carbocycles. The van der Waals surface area contributed by atoms with E-state index in [0.29, 0.717) is 16.5 Å². The lowest BCUT2D eigenvalue weighted by Crippen LogP contribution is -2.45. The molecule has 1 aliphatic heterocycles. The molecule has 2 aromatic carbocycles. The predicted molar refractivity (Wildman–Crippen MR) is 105 cm³/mol. The number of methoxy groups -OCH3 is 1. The van der Waals surface area contributed by atoms with E-state index < -0.39 is 0 Å². The van der Waals surface area contributed by atoms with E-state index in [1.165, 1.54) is 5.56 Å². The maximum atomic E-state index is 12.2. The molecule has 0 atom stereocenters. The third-order valence-electron chi connectivity index (χ3n) is 4.58. The summed E-state index contributed by atoms with van der Waals surface area (Å²) in [6.45, 7) is 2.92. The normalized spacial score (nSPS) is 15.5. The highest BCUT2D eigenvalue weighted by Gasteiger charge is 2.20. The topological polar surface area (TPSA) is 53.6 Å². The van der Waals surface area contributed by atoms with Gasteiger partial charge in [-0.1, -0.05) is 41.9 Å². The van der Waals surface area contributed by atoms with Crippen molar-refractivity contribution in [3.05, 3.63) is 59.1 Å². The van der Waals surface area contributed by atoms with Crippen molar-refractivity contribution in [3.63, 3.8) is 0 Å². The Balaban J connectivity index is 1.44. The van der Waals surface area contributed by atoms with Crippen LogP contribution in [0.3, 0.4) is 0 Å². The molecule has 138 valence electrons. The van der Waals surface area contributed by atoms with Crippen LogP contribution < -0.4 is 15.4 Å². The minimum Gasteiger partial charge on any atom is -0.495 e. The van der Waals surface area contributed by atoms with Gasteiger partial charge in [0.2, 0.25) is 0 Å². The van der Waals surface area contributed by atoms with Crippen LogP contribution in [0.25, 0.3) is 0 Å². The SMILES string of the molecule is COc1ccc(NC(=O)NC2CCN(Cc3ccccc3)CC2)cc1Cl. The second-order valence-corrected chi connectivity index (χ2v) is 6.89. The third-order valence-corrected chi connectivity index (χ3v) is 4.88. The molecule has 0 bridgehead atoms. The summed E-state index contributed by atoms with van der Waals surface area (Å²) < 4.78 is 5.11. The van der Waals surface area contributed by atoms with Crippen LogP contribution in [0.2, 0.25) is 5.02 Å². The molecule has 0 spiro atoms. The van der Waals surface area contributed by atoms with Crippen LogP contribution in [0.15, 0.2) is 48.5 Å². The summed E-state index contributed by atoms with van der Waals surface area (Å²) in [6.07, 6.45) is 1.90. The number of rotatable bonds is 5. The van der Waals surface area contributed by atoms with Crippen molar-refractivity contribution in [1.82, 2.24) is 10.2 Å². The summed E-state index contributed by atoms with van der Waals surface area (Å²) in [4.78, 5) is 14.6. The number of halogens is 1. The van der Waals surface area contributed by atoms with Crippen LogP contribution in [0.4, 0.5) is 10.5 Å². The fourth-order valence-electron chi connectivity index (χ4n) is 3.17. The van der Waals surface area contributed by atoms with Gasteiger partial charge in [-0.25, -0.2) is 4.79 Å². The number of benzene rings is 2. The lowest BCUT2D eigenvalue weighted by atomic mass is 10.0. The van der Waals surface area contributed by atoms with E-state index in [1.54, 1.807) is 25.3 Å². The third kappa shape index (κ3) is 5.13. The molecule has 1 aliphatic rings. The molecule has 2 N–H and O–H groups in total. The van der Waals surface area contributed by atoms with Crippen molar-refractivity contribution in [1.29, 1.82) is 0 Å². The number of hydrogen-bond donors (Lipinski definition) is 2. The Morgan fingerprint density at radius 3 is 2.58 bits per heavy atom. The molecule has 2 amide bonds. The van der Waals surface area contributed by atoms with Gasteiger partial charge in [-0.3, -0.25) is 4.90 Å². The molecule has 2 aromatic rings. The minimum absolute atomic E-state index is 0.191. The van der Waals surface area contributed by atoms with Crippen molar-refractivity contribution in [2.45, 2.75) is 25.4 Å². The maximum Gasteiger partial charge on any atom is 0.319 e. The number of urea groups is 1. The zero-order chi connectivity index (χ0) is 18.4. The number of amides is 2. The molecular formula is C20H24ClN3O2. The minimum atomic E-state index is -0.201. The van der Waals surface area contributed by atoms with Gasteiger partial charge in [0, 0.05) is 31.4 Å². The molecule has 3 rings (SSSR count). The van der Waals surface area contributed by atoms with E-state index in [1.807, 2.05) is 6.07 Å². The Labute approximate surface area is 159 Å². The van der Waals surface area contributed by atoms with Crippen LogP contribution in [0.1, 0.15) is 18.4 Å². The highest BCUT2D eigenvalue weighted by atomic mass is 35.5. The van der Waals surface area contributed by atoms with E-state index in [2.05, 4.69) is 39.8 Å². The van der Waals surface area contributed by atoms with Gasteiger partial charge in [0.1, 0.15) is 5.75 Å². The second-order valence-electron chi connectivity index (χ2n) is 6.48. The summed E-state index contributed by atoms with van der Waals surface area (Å²) in [6, 6.07) is 15.7. The number of carbonyl (C=O) groups excluding carboxylic acids is 1. The standard InChI is InChI=1S/C20H24ClN3O2/c1-26-19-8-7-17(13-18(19)21)23-20(25)22-16-9-11-24(12-10-16)14-15-5-3-2-4-6-15/h2-8,13,16H,9-12,14H2,1H3,(H2,22,23,25). The molecule has 1 heterocycles. The highest BCUT2D eigenvalue weighted by molar-refractivity contribution is 6.32. The number of likely N-dealkylation sites (tertiary alicyclic amines) is 1. The molecule has 26 heavy (non-hydrogen) atoms. The Bertz CT molecular complexity index is 731. The summed E-state index contributed by atoms with van der Waals surface area (Å²) in [5.74, 6) is 0.586. The Morgan fingerprint density at radius 2 is 1.92 bits per heavy atom. The van der Waals surface area contributed by atoms with Crippen LogP contribution in [0, 0.1) is 0 Å². The van der Waals surface area contributed by atoms with E-state index in [0.717, 1.165) is 32.5 Å². The lowest BCUT2D eigenvalue weighted by Gasteiger charge is -2.32. The lowest BCUT2D eigenvalue weighted by molar-refractivity contribution is 0.190. The van der Waals surface area contributed by atoms with Gasteiger partial charge < -0.3 is 15.4 Å². The number of nitrogens with zero attached hydrogens (tertiary/aromatic N) is 1. The average Bonchev–Trinajstić information content (AvgIpc) is 2.64. The first kappa shape index (κ1) is 18.5. The molecule has 0 aromatic heterocycles. The van der Waals surface area contributed by atoms with E-state index in [4.69, 9.17) is 16.3 Å². The summed E-state index contributed by atoms with van der Waals surface area (Å²) in [5, 5.41) is 6.35. The number of piperidine rings is 1. The molecule has 0 saturated carbocycles. The van der Waals surface area contributed by atoms with Crippen molar-refractivity contribution in [3.8, 4) is 5.75 Å². The molecule has 0 unspecified atom stereocenters. The van der Waals surface area contributed by atoms with Crippen molar-refractivity contribution in [2.24, 2.45) is 0 Å². The first-order valence-corrected chi connectivity index (χ1v) is 9.19. The summed E-state index contributed by atoms with van der Waals surface area (Å²) >= 11 is 6.09. The van der Waals surface area contributed by atoms with Gasteiger partial charge in [0.25, 0.3) is 0 Å². The van der Waals surface area contributed by atoms with Crippen molar-refractivity contribution >= 4 is 23.3 Å². The first-order valence-electron chi connectivity index (χ1n) is 8.81. The van der Waals surface area contributed by atoms with Crippen molar-refractivity contribution < 1.29 is 9.53 Å². The molecule has 5 nitrogen and oxygen atoms in total. The fourth-order valence-corrected chi connectivity index (χ4v) is 3.43. The van der Waals surface area contributed by atoms with E-state index in [9.17, 15) is 4.79 Å². The highest BCUT2D eigenvalue weighted by Crippen LogP contribution is 2.27. The van der Waals surface area contributed by atoms with Gasteiger partial charge in [-0.15, -0.1) is 0 Å². The molecule has 0 radical (unpaired) electrons. The van der Waals surface area contributed by atoms with Gasteiger partial charge in [0.05, 0.1) is 12.1 Å². The number of carbonyl (C=O) groups is 1. The number of anilines is 1. The second kappa shape index (κ2) is 8.92. The number of ether oxygens (including phenoxy) is 1. The largest absolute Gasteiger partial charge is 0.495 e.